The maximum Gasteiger partial charge on any atom is 0.252 e. The first-order valence-corrected chi connectivity index (χ1v) is 7.78. The average Bonchev–Trinajstić information content (AvgIpc) is 2.42. The van der Waals surface area contributed by atoms with Gasteiger partial charge in [-0.25, -0.2) is 0 Å². The minimum atomic E-state index is -0.504. The number of halogens is 2. The van der Waals surface area contributed by atoms with Gasteiger partial charge in [0.25, 0.3) is 10.5 Å². The Bertz CT molecular complexity index is 505. The Kier molecular flexibility index (Phi) is 6.22. The van der Waals surface area contributed by atoms with Gasteiger partial charge in [0.1, 0.15) is 0 Å². The predicted molar refractivity (Wildman–Crippen MR) is 84.3 cm³/mol. The van der Waals surface area contributed by atoms with E-state index in [9.17, 15) is 9.59 Å². The third-order valence-corrected chi connectivity index (χ3v) is 4.12. The molecule has 0 aliphatic carbocycles. The number of hydrogen-bond donors (Lipinski definition) is 0. The molecule has 110 valence electrons. The van der Waals surface area contributed by atoms with E-state index in [1.54, 1.807) is 0 Å². The highest BCUT2D eigenvalue weighted by molar-refractivity contribution is 6.69. The number of benzene rings is 1. The van der Waals surface area contributed by atoms with Gasteiger partial charge in [0.2, 0.25) is 0 Å². The lowest BCUT2D eigenvalue weighted by molar-refractivity contribution is 0.107. The third-order valence-electron chi connectivity index (χ3n) is 3.74. The molecule has 20 heavy (non-hydrogen) atoms. The first-order valence-electron chi connectivity index (χ1n) is 7.03. The van der Waals surface area contributed by atoms with Crippen LogP contribution in [0.1, 0.15) is 70.7 Å². The lowest BCUT2D eigenvalue weighted by Crippen LogP contribution is -2.15. The molecule has 2 nitrogen and oxygen atoms in total. The lowest BCUT2D eigenvalue weighted by Gasteiger charge is -2.22. The molecule has 0 amide bonds. The van der Waals surface area contributed by atoms with Crippen LogP contribution in [0, 0.1) is 0 Å². The van der Waals surface area contributed by atoms with Crippen molar-refractivity contribution < 1.29 is 9.59 Å². The van der Waals surface area contributed by atoms with Crippen LogP contribution in [0.3, 0.4) is 0 Å². The molecule has 0 bridgehead atoms. The second-order valence-electron chi connectivity index (χ2n) is 4.63. The Morgan fingerprint density at radius 1 is 0.650 bits per heavy atom. The highest BCUT2D eigenvalue weighted by Crippen LogP contribution is 2.32. The SMILES string of the molecule is CCc1c(CC)c(C(=O)Cl)c(CC)c(C(=O)Cl)c1CC. The van der Waals surface area contributed by atoms with E-state index in [-0.39, 0.29) is 0 Å². The molecule has 0 radical (unpaired) electrons. The van der Waals surface area contributed by atoms with E-state index in [4.69, 9.17) is 23.2 Å². The van der Waals surface area contributed by atoms with E-state index in [0.29, 0.717) is 36.0 Å². The highest BCUT2D eigenvalue weighted by Gasteiger charge is 2.26. The van der Waals surface area contributed by atoms with E-state index in [1.807, 2.05) is 27.7 Å². The molecule has 0 aromatic heterocycles. The van der Waals surface area contributed by atoms with Crippen molar-refractivity contribution in [1.82, 2.24) is 0 Å². The summed E-state index contributed by atoms with van der Waals surface area (Å²) in [6, 6.07) is 0. The van der Waals surface area contributed by atoms with Crippen LogP contribution in [0.4, 0.5) is 0 Å². The van der Waals surface area contributed by atoms with Gasteiger partial charge in [0.05, 0.1) is 0 Å². The zero-order valence-electron chi connectivity index (χ0n) is 12.4. The molecule has 0 heterocycles. The quantitative estimate of drug-likeness (QED) is 0.713. The normalized spacial score (nSPS) is 10.7. The second-order valence-corrected chi connectivity index (χ2v) is 5.31. The molecule has 0 N–H and O–H groups in total. The first-order chi connectivity index (χ1) is 9.44. The zero-order valence-corrected chi connectivity index (χ0v) is 13.9. The maximum absolute atomic E-state index is 11.9. The number of hydrogen-bond acceptors (Lipinski definition) is 2. The molecule has 0 unspecified atom stereocenters. The topological polar surface area (TPSA) is 34.1 Å². The summed E-state index contributed by atoms with van der Waals surface area (Å²) < 4.78 is 0. The van der Waals surface area contributed by atoms with Gasteiger partial charge in [-0.2, -0.15) is 0 Å². The molecule has 1 rings (SSSR count). The fourth-order valence-electron chi connectivity index (χ4n) is 3.01. The Hall–Kier alpha value is -0.860. The predicted octanol–water partition coefficient (Wildman–Crippen LogP) is 4.69. The summed E-state index contributed by atoms with van der Waals surface area (Å²) in [4.78, 5) is 23.7. The molecular formula is C16H20Cl2O2. The molecular weight excluding hydrogens is 295 g/mol. The van der Waals surface area contributed by atoms with Crippen molar-refractivity contribution in [2.75, 3.05) is 0 Å². The van der Waals surface area contributed by atoms with Crippen molar-refractivity contribution >= 4 is 33.7 Å². The number of carbonyl (C=O) groups is 2. The van der Waals surface area contributed by atoms with Crippen LogP contribution in [0.25, 0.3) is 0 Å². The Labute approximate surface area is 130 Å². The molecule has 0 saturated heterocycles. The van der Waals surface area contributed by atoms with Gasteiger partial charge in [-0.1, -0.05) is 27.7 Å². The molecule has 0 atom stereocenters. The monoisotopic (exact) mass is 314 g/mol. The average molecular weight is 315 g/mol. The second kappa shape index (κ2) is 7.24. The Morgan fingerprint density at radius 2 is 0.950 bits per heavy atom. The number of carbonyl (C=O) groups excluding carboxylic acids is 2. The Morgan fingerprint density at radius 3 is 1.15 bits per heavy atom. The van der Waals surface area contributed by atoms with Gasteiger partial charge in [0, 0.05) is 11.1 Å². The van der Waals surface area contributed by atoms with Crippen LogP contribution in [-0.2, 0) is 25.7 Å². The smallest absolute Gasteiger partial charge is 0.252 e. The summed E-state index contributed by atoms with van der Waals surface area (Å²) in [5.41, 5.74) is 4.62. The first kappa shape index (κ1) is 17.2. The molecule has 1 aromatic rings. The molecule has 0 fully saturated rings. The van der Waals surface area contributed by atoms with Crippen LogP contribution >= 0.6 is 23.2 Å². The van der Waals surface area contributed by atoms with Gasteiger partial charge >= 0.3 is 0 Å². The summed E-state index contributed by atoms with van der Waals surface area (Å²) in [7, 11) is 0. The summed E-state index contributed by atoms with van der Waals surface area (Å²) in [6.07, 6.45) is 2.75. The van der Waals surface area contributed by atoms with Gasteiger partial charge < -0.3 is 0 Å². The standard InChI is InChI=1S/C16H20Cl2O2/c1-5-9-10(6-2)13(15(17)19)12(8-4)14(16(18)20)11(9)7-3/h5-8H2,1-4H3. The van der Waals surface area contributed by atoms with Crippen LogP contribution < -0.4 is 0 Å². The van der Waals surface area contributed by atoms with Gasteiger partial charge in [-0.15, -0.1) is 0 Å². The molecule has 0 aliphatic rings. The summed E-state index contributed by atoms with van der Waals surface area (Å²) in [5.74, 6) is 0. The minimum absolute atomic E-state index is 0.481. The summed E-state index contributed by atoms with van der Waals surface area (Å²) in [6.45, 7) is 7.93. The van der Waals surface area contributed by atoms with Crippen molar-refractivity contribution in [3.05, 3.63) is 33.4 Å². The van der Waals surface area contributed by atoms with E-state index < -0.39 is 10.5 Å². The van der Waals surface area contributed by atoms with Crippen LogP contribution in [0.2, 0.25) is 0 Å². The fraction of sp³-hybridized carbons (Fsp3) is 0.500. The molecule has 0 saturated carbocycles. The van der Waals surface area contributed by atoms with Gasteiger partial charge in [-0.05, 0) is 71.1 Å². The van der Waals surface area contributed by atoms with E-state index in [1.165, 1.54) is 0 Å². The number of rotatable bonds is 6. The van der Waals surface area contributed by atoms with Crippen LogP contribution in [-0.4, -0.2) is 10.5 Å². The maximum atomic E-state index is 11.9. The van der Waals surface area contributed by atoms with Crippen molar-refractivity contribution in [2.45, 2.75) is 53.4 Å². The molecule has 0 spiro atoms. The van der Waals surface area contributed by atoms with Gasteiger partial charge in [-0.3, -0.25) is 9.59 Å². The van der Waals surface area contributed by atoms with E-state index in [2.05, 4.69) is 0 Å². The zero-order chi connectivity index (χ0) is 15.4. The van der Waals surface area contributed by atoms with Gasteiger partial charge in [0.15, 0.2) is 0 Å². The molecule has 4 heteroatoms. The van der Waals surface area contributed by atoms with Crippen LogP contribution in [0.15, 0.2) is 0 Å². The lowest BCUT2D eigenvalue weighted by atomic mass is 9.83. The molecule has 0 aliphatic heterocycles. The van der Waals surface area contributed by atoms with Crippen molar-refractivity contribution in [3.63, 3.8) is 0 Å². The highest BCUT2D eigenvalue weighted by atomic mass is 35.5. The summed E-state index contributed by atoms with van der Waals surface area (Å²) >= 11 is 11.6. The van der Waals surface area contributed by atoms with Crippen molar-refractivity contribution in [3.8, 4) is 0 Å². The van der Waals surface area contributed by atoms with E-state index >= 15 is 0 Å². The minimum Gasteiger partial charge on any atom is -0.276 e. The van der Waals surface area contributed by atoms with Crippen molar-refractivity contribution in [2.24, 2.45) is 0 Å². The Balaban J connectivity index is 3.98. The van der Waals surface area contributed by atoms with Crippen LogP contribution in [0.5, 0.6) is 0 Å². The van der Waals surface area contributed by atoms with Crippen molar-refractivity contribution in [1.29, 1.82) is 0 Å². The summed E-state index contributed by atoms with van der Waals surface area (Å²) in [5, 5.41) is -1.01. The fourth-order valence-corrected chi connectivity index (χ4v) is 3.46. The largest absolute Gasteiger partial charge is 0.276 e. The van der Waals surface area contributed by atoms with E-state index in [0.717, 1.165) is 23.1 Å². The molecule has 1 aromatic carbocycles. The third kappa shape index (κ3) is 2.91.